The van der Waals surface area contributed by atoms with E-state index in [1.807, 2.05) is 20.8 Å². The number of methoxy groups -OCH3 is 6. The first-order valence-corrected chi connectivity index (χ1v) is 42.9. The van der Waals surface area contributed by atoms with Crippen LogP contribution in [-0.2, 0) is 85.3 Å². The van der Waals surface area contributed by atoms with Crippen molar-refractivity contribution in [3.05, 3.63) is 86.5 Å². The number of nitrogens with zero attached hydrogens (tertiary/aromatic N) is 3. The number of nitrogens with one attached hydrogen (secondary N) is 6. The molecule has 6 amide bonds. The summed E-state index contributed by atoms with van der Waals surface area (Å²) >= 11 is 0. The SMILES string of the molecule is CCCCNC(=O)c1cc(C(=O)N/N=C/c2c(O)c(/C=N/NC(=O)c3cc(C(=O)NCCCC)c(OCCOCCOCCOC)cc3OCCOCCOCCOC)c(O)c(/C=N/NC(=O)c3cc(C(=O)NCCCC)c(OCCOCCOCCOC)cc3OCCOCCOCCOC)c2O)c(OCCOCCOCCOC)cc1OCCOCCOCCOC. The molecule has 0 fully saturated rings. The Balaban J connectivity index is 1.96. The van der Waals surface area contributed by atoms with Gasteiger partial charge in [-0.05, 0) is 37.5 Å². The molecule has 0 saturated carbocycles. The zero-order chi connectivity index (χ0) is 93.4. The summed E-state index contributed by atoms with van der Waals surface area (Å²) < 4.78 is 134. The third-order valence-corrected chi connectivity index (χ3v) is 17.5. The minimum absolute atomic E-state index is 0.00307. The molecule has 726 valence electrons. The van der Waals surface area contributed by atoms with E-state index in [2.05, 4.69) is 47.5 Å². The number of rotatable bonds is 81. The van der Waals surface area contributed by atoms with Crippen LogP contribution in [0, 0.1) is 0 Å². The van der Waals surface area contributed by atoms with Crippen molar-refractivity contribution in [2.24, 2.45) is 15.3 Å². The van der Waals surface area contributed by atoms with Crippen LogP contribution in [-0.4, -0.2) is 370 Å². The highest BCUT2D eigenvalue weighted by Gasteiger charge is 2.28. The fraction of sp³-hybridized carbons (Fsp3) is 0.621. The molecule has 0 aromatic heterocycles. The molecule has 0 radical (unpaired) electrons. The Bertz CT molecular complexity index is 3480. The second-order valence-corrected chi connectivity index (χ2v) is 27.1. The standard InChI is InChI=1S/C87H135N9O33/c1-10-13-16-88-82(100)64-55-67(76(127-52-46-121-40-34-115-28-22-109-7)58-73(64)124-49-43-118-37-31-112-25-19-106-4)85(103)94-91-61-70-79(97)71(62-92-95-86(104)68-56-65(83(101)89-17-14-11-2)74(125-50-44-119-38-32-113-26-20-107-5)59-77(68)128-53-47-122-41-35-116-29-23-110-8)81(99)72(80(70)98)63-93-96-87(105)69-57-66(84(102)90-18-15-12-3)75(126-51-45-120-39-33-114-27-21-108-6)60-78(69)129-54-48-123-42-36-117-30-24-111-9/h55-63,97-99H,10-54H2,1-9H3,(H,88,100)(H,89,101)(H,90,102)(H,94,103)(H,95,104)(H,96,105)/b91-61+,92-62+,93-63+. The lowest BCUT2D eigenvalue weighted by Gasteiger charge is -2.17. The molecular weight excluding hydrogens is 1700 g/mol. The van der Waals surface area contributed by atoms with E-state index in [1.165, 1.54) is 36.4 Å². The van der Waals surface area contributed by atoms with Crippen molar-refractivity contribution >= 4 is 54.1 Å². The van der Waals surface area contributed by atoms with Gasteiger partial charge in [-0.1, -0.05) is 40.0 Å². The Labute approximate surface area is 754 Å². The molecule has 0 saturated heterocycles. The van der Waals surface area contributed by atoms with Gasteiger partial charge in [-0.3, -0.25) is 28.8 Å². The Morgan fingerprint density at radius 1 is 0.248 bits per heavy atom. The van der Waals surface area contributed by atoms with Gasteiger partial charge in [-0.15, -0.1) is 0 Å². The minimum atomic E-state index is -1.01. The fourth-order valence-corrected chi connectivity index (χ4v) is 10.7. The first-order valence-electron chi connectivity index (χ1n) is 42.9. The smallest absolute Gasteiger partial charge is 0.275 e. The van der Waals surface area contributed by atoms with E-state index >= 15 is 0 Å². The van der Waals surface area contributed by atoms with Crippen molar-refractivity contribution in [2.75, 3.05) is 300 Å². The van der Waals surface area contributed by atoms with Crippen LogP contribution in [0.1, 0.15) is 138 Å². The summed E-state index contributed by atoms with van der Waals surface area (Å²) in [6, 6.07) is 7.73. The van der Waals surface area contributed by atoms with Gasteiger partial charge in [-0.2, -0.15) is 15.3 Å². The number of hydrogen-bond donors (Lipinski definition) is 9. The summed E-state index contributed by atoms with van der Waals surface area (Å²) in [4.78, 5) is 86.5. The number of hydrazone groups is 3. The average molecular weight is 1840 g/mol. The van der Waals surface area contributed by atoms with E-state index in [1.54, 1.807) is 42.7 Å². The van der Waals surface area contributed by atoms with Crippen molar-refractivity contribution in [2.45, 2.75) is 59.3 Å². The van der Waals surface area contributed by atoms with Crippen LogP contribution >= 0.6 is 0 Å². The van der Waals surface area contributed by atoms with Gasteiger partial charge >= 0.3 is 0 Å². The third-order valence-electron chi connectivity index (χ3n) is 17.5. The molecule has 0 aliphatic heterocycles. The molecule has 4 aromatic rings. The Morgan fingerprint density at radius 3 is 0.581 bits per heavy atom. The van der Waals surface area contributed by atoms with Gasteiger partial charge in [-0.25, -0.2) is 16.3 Å². The van der Waals surface area contributed by atoms with E-state index < -0.39 is 69.4 Å². The van der Waals surface area contributed by atoms with Crippen molar-refractivity contribution in [3.63, 3.8) is 0 Å². The molecule has 0 bridgehead atoms. The van der Waals surface area contributed by atoms with Crippen LogP contribution in [0.5, 0.6) is 51.7 Å². The summed E-state index contributed by atoms with van der Waals surface area (Å²) in [6.45, 7) is 13.4. The van der Waals surface area contributed by atoms with Crippen molar-refractivity contribution in [1.29, 1.82) is 0 Å². The largest absolute Gasteiger partial charge is 0.506 e. The number of unbranched alkanes of at least 4 members (excludes halogenated alkanes) is 3. The van der Waals surface area contributed by atoms with Gasteiger partial charge in [0.2, 0.25) is 0 Å². The van der Waals surface area contributed by atoms with Crippen LogP contribution in [0.2, 0.25) is 0 Å². The number of hydrogen-bond acceptors (Lipinski definition) is 36. The van der Waals surface area contributed by atoms with Gasteiger partial charge in [0.05, 0.1) is 267 Å². The molecule has 0 unspecified atom stereocenters. The molecule has 0 aliphatic carbocycles. The highest BCUT2D eigenvalue weighted by Crippen LogP contribution is 2.40. The van der Waals surface area contributed by atoms with Gasteiger partial charge in [0.1, 0.15) is 91.4 Å². The molecule has 9 N–H and O–H groups in total. The maximum Gasteiger partial charge on any atom is 0.275 e. The summed E-state index contributed by atoms with van der Waals surface area (Å²) in [5.41, 5.74) is 4.05. The second kappa shape index (κ2) is 72.9. The number of amides is 6. The molecular formula is C87H135N9O33. The van der Waals surface area contributed by atoms with E-state index in [4.69, 9.17) is 114 Å². The van der Waals surface area contributed by atoms with Gasteiger partial charge < -0.3 is 145 Å². The normalized spacial score (nSPS) is 11.4. The Hall–Kier alpha value is -9.81. The molecule has 129 heavy (non-hydrogen) atoms. The van der Waals surface area contributed by atoms with E-state index in [0.29, 0.717) is 98.5 Å². The van der Waals surface area contributed by atoms with E-state index in [0.717, 1.165) is 37.9 Å². The molecule has 0 atom stereocenters. The first-order chi connectivity index (χ1) is 63.1. The topological polar surface area (TPSA) is 494 Å². The zero-order valence-electron chi connectivity index (χ0n) is 75.9. The zero-order valence-corrected chi connectivity index (χ0v) is 75.9. The fourth-order valence-electron chi connectivity index (χ4n) is 10.7. The van der Waals surface area contributed by atoms with Crippen LogP contribution in [0.4, 0.5) is 0 Å². The molecule has 0 spiro atoms. The van der Waals surface area contributed by atoms with Crippen molar-refractivity contribution in [1.82, 2.24) is 32.2 Å². The predicted molar refractivity (Wildman–Crippen MR) is 472 cm³/mol. The average Bonchev–Trinajstić information content (AvgIpc) is 0.778. The molecule has 0 aliphatic rings. The number of aromatic hydroxyl groups is 3. The lowest BCUT2D eigenvalue weighted by Crippen LogP contribution is -2.27. The summed E-state index contributed by atoms with van der Waals surface area (Å²) in [6.07, 6.45) is 6.40. The number of carbonyl (C=O) groups is 6. The number of benzene rings is 4. The maximum atomic E-state index is 14.7. The highest BCUT2D eigenvalue weighted by atomic mass is 16.6. The van der Waals surface area contributed by atoms with Crippen LogP contribution in [0.15, 0.2) is 51.7 Å². The van der Waals surface area contributed by atoms with Gasteiger partial charge in [0, 0.05) is 80.5 Å². The van der Waals surface area contributed by atoms with E-state index in [-0.39, 0.29) is 246 Å². The number of phenols is 3. The Kier molecular flexibility index (Phi) is 63.0. The predicted octanol–water partition coefficient (Wildman–Crippen LogP) is 5.04. The summed E-state index contributed by atoms with van der Waals surface area (Å²) in [5.74, 6) is -8.12. The van der Waals surface area contributed by atoms with Gasteiger partial charge in [0.25, 0.3) is 35.4 Å². The van der Waals surface area contributed by atoms with Crippen molar-refractivity contribution in [3.8, 4) is 51.7 Å². The lowest BCUT2D eigenvalue weighted by molar-refractivity contribution is 0.0174. The van der Waals surface area contributed by atoms with Crippen molar-refractivity contribution < 1.29 is 158 Å². The minimum Gasteiger partial charge on any atom is -0.506 e. The maximum absolute atomic E-state index is 14.7. The van der Waals surface area contributed by atoms with Gasteiger partial charge in [0.15, 0.2) is 0 Å². The van der Waals surface area contributed by atoms with Crippen LogP contribution < -0.4 is 60.6 Å². The monoisotopic (exact) mass is 1830 g/mol. The summed E-state index contributed by atoms with van der Waals surface area (Å²) in [7, 11) is 9.32. The van der Waals surface area contributed by atoms with Crippen LogP contribution in [0.25, 0.3) is 0 Å². The molecule has 4 rings (SSSR count). The third kappa shape index (κ3) is 46.5. The molecule has 42 nitrogen and oxygen atoms in total. The molecule has 4 aromatic carbocycles. The molecule has 42 heteroatoms. The second-order valence-electron chi connectivity index (χ2n) is 27.1. The van der Waals surface area contributed by atoms with E-state index in [9.17, 15) is 44.1 Å². The quantitative estimate of drug-likeness (QED) is 0.0159. The number of phenolic OH excluding ortho intramolecular Hbond substituents is 3. The lowest BCUT2D eigenvalue weighted by atomic mass is 10.0. The Morgan fingerprint density at radius 2 is 0.411 bits per heavy atom. The number of carbonyl (C=O) groups excluding carboxylic acids is 6. The first kappa shape index (κ1) is 112. The summed E-state index contributed by atoms with van der Waals surface area (Å²) in [5, 5.41) is 57.7. The number of ether oxygens (including phenoxy) is 24. The highest BCUT2D eigenvalue weighted by molar-refractivity contribution is 6.08. The van der Waals surface area contributed by atoms with Crippen LogP contribution in [0.3, 0.4) is 0 Å². The molecule has 0 heterocycles.